The lowest BCUT2D eigenvalue weighted by molar-refractivity contribution is -0.119. The van der Waals surface area contributed by atoms with E-state index in [-0.39, 0.29) is 5.91 Å². The van der Waals surface area contributed by atoms with Crippen molar-refractivity contribution in [2.24, 2.45) is 0 Å². The van der Waals surface area contributed by atoms with Gasteiger partial charge in [0.2, 0.25) is 5.91 Å². The zero-order valence-electron chi connectivity index (χ0n) is 11.0. The third kappa shape index (κ3) is 2.43. The van der Waals surface area contributed by atoms with Crippen molar-refractivity contribution in [2.75, 3.05) is 10.6 Å². The van der Waals surface area contributed by atoms with Crippen LogP contribution in [0.4, 0.5) is 11.4 Å². The summed E-state index contributed by atoms with van der Waals surface area (Å²) in [4.78, 5) is 14.0. The number of anilines is 2. The van der Waals surface area contributed by atoms with E-state index in [1.807, 2.05) is 41.3 Å². The van der Waals surface area contributed by atoms with Crippen molar-refractivity contribution in [3.8, 4) is 0 Å². The maximum atomic E-state index is 12.2. The monoisotopic (exact) mass is 330 g/mol. The molecule has 2 aromatic rings. The van der Waals surface area contributed by atoms with Crippen LogP contribution in [0.25, 0.3) is 0 Å². The van der Waals surface area contributed by atoms with Crippen molar-refractivity contribution in [2.45, 2.75) is 19.4 Å². The van der Waals surface area contributed by atoms with Crippen LogP contribution in [0.1, 0.15) is 17.5 Å². The average molecular weight is 331 g/mol. The normalized spacial score (nSPS) is 14.2. The second-order valence-electron chi connectivity index (χ2n) is 4.96. The van der Waals surface area contributed by atoms with Gasteiger partial charge in [0.05, 0.1) is 6.54 Å². The van der Waals surface area contributed by atoms with Gasteiger partial charge in [-0.05, 0) is 51.7 Å². The van der Waals surface area contributed by atoms with Crippen LogP contribution in [0.5, 0.6) is 0 Å². The lowest BCUT2D eigenvalue weighted by Crippen LogP contribution is -2.34. The standard InChI is InChI=1S/C16H15BrN2O/c17-13-7-5-11(9-14(13)18)10-19-15-4-2-1-3-12(15)6-8-16(19)20/h1-5,7,9H,6,8,10,18H2. The number of aryl methyl sites for hydroxylation is 1. The lowest BCUT2D eigenvalue weighted by atomic mass is 10.0. The van der Waals surface area contributed by atoms with Crippen molar-refractivity contribution in [3.63, 3.8) is 0 Å². The number of nitrogens with two attached hydrogens (primary N) is 1. The molecule has 0 saturated heterocycles. The van der Waals surface area contributed by atoms with Crippen LogP contribution in [0.3, 0.4) is 0 Å². The van der Waals surface area contributed by atoms with Gasteiger partial charge in [0.1, 0.15) is 0 Å². The number of hydrogen-bond donors (Lipinski definition) is 1. The molecule has 102 valence electrons. The van der Waals surface area contributed by atoms with Gasteiger partial charge >= 0.3 is 0 Å². The zero-order valence-corrected chi connectivity index (χ0v) is 12.6. The lowest BCUT2D eigenvalue weighted by Gasteiger charge is -2.29. The Bertz CT molecular complexity index is 669. The molecule has 0 atom stereocenters. The summed E-state index contributed by atoms with van der Waals surface area (Å²) in [5, 5.41) is 0. The van der Waals surface area contributed by atoms with Crippen molar-refractivity contribution >= 4 is 33.2 Å². The molecule has 0 unspecified atom stereocenters. The molecular formula is C16H15BrN2O. The molecule has 0 aliphatic carbocycles. The Morgan fingerprint density at radius 1 is 1.15 bits per heavy atom. The molecule has 20 heavy (non-hydrogen) atoms. The fourth-order valence-corrected chi connectivity index (χ4v) is 2.79. The highest BCUT2D eigenvalue weighted by atomic mass is 79.9. The van der Waals surface area contributed by atoms with Crippen LogP contribution < -0.4 is 10.6 Å². The molecule has 0 fully saturated rings. The first-order valence-electron chi connectivity index (χ1n) is 6.57. The number of hydrogen-bond acceptors (Lipinski definition) is 2. The Kier molecular flexibility index (Phi) is 3.49. The van der Waals surface area contributed by atoms with E-state index in [4.69, 9.17) is 5.73 Å². The third-order valence-corrected chi connectivity index (χ3v) is 4.31. The van der Waals surface area contributed by atoms with E-state index < -0.39 is 0 Å². The summed E-state index contributed by atoms with van der Waals surface area (Å²) in [6, 6.07) is 13.9. The van der Waals surface area contributed by atoms with Crippen LogP contribution in [0.15, 0.2) is 46.9 Å². The molecular weight excluding hydrogens is 316 g/mol. The molecule has 1 amide bonds. The minimum Gasteiger partial charge on any atom is -0.398 e. The van der Waals surface area contributed by atoms with E-state index in [1.54, 1.807) is 0 Å². The summed E-state index contributed by atoms with van der Waals surface area (Å²) >= 11 is 3.39. The second-order valence-corrected chi connectivity index (χ2v) is 5.82. The predicted molar refractivity (Wildman–Crippen MR) is 84.5 cm³/mol. The summed E-state index contributed by atoms with van der Waals surface area (Å²) in [6.07, 6.45) is 1.40. The molecule has 0 saturated carbocycles. The smallest absolute Gasteiger partial charge is 0.227 e. The fraction of sp³-hybridized carbons (Fsp3) is 0.188. The number of carbonyl (C=O) groups excluding carboxylic acids is 1. The zero-order chi connectivity index (χ0) is 14.1. The summed E-state index contributed by atoms with van der Waals surface area (Å²) in [6.45, 7) is 0.563. The molecule has 2 N–H and O–H groups in total. The van der Waals surface area contributed by atoms with Gasteiger partial charge in [-0.25, -0.2) is 0 Å². The van der Waals surface area contributed by atoms with Crippen LogP contribution in [0, 0.1) is 0 Å². The van der Waals surface area contributed by atoms with Gasteiger partial charge in [-0.3, -0.25) is 4.79 Å². The number of rotatable bonds is 2. The van der Waals surface area contributed by atoms with Crippen LogP contribution in [-0.2, 0) is 17.8 Å². The summed E-state index contributed by atoms with van der Waals surface area (Å²) in [5.41, 5.74) is 9.89. The molecule has 2 aromatic carbocycles. The van der Waals surface area contributed by atoms with E-state index in [0.29, 0.717) is 18.7 Å². The molecule has 3 rings (SSSR count). The van der Waals surface area contributed by atoms with Crippen LogP contribution in [0.2, 0.25) is 0 Å². The molecule has 0 aromatic heterocycles. The van der Waals surface area contributed by atoms with Gasteiger partial charge in [0.15, 0.2) is 0 Å². The van der Waals surface area contributed by atoms with Crippen LogP contribution in [-0.4, -0.2) is 5.91 Å². The maximum absolute atomic E-state index is 12.2. The van der Waals surface area contributed by atoms with Crippen LogP contribution >= 0.6 is 15.9 Å². The molecule has 0 radical (unpaired) electrons. The first kappa shape index (κ1) is 13.2. The van der Waals surface area contributed by atoms with E-state index in [2.05, 4.69) is 22.0 Å². The molecule has 0 bridgehead atoms. The van der Waals surface area contributed by atoms with E-state index in [1.165, 1.54) is 5.56 Å². The number of carbonyl (C=O) groups is 1. The van der Waals surface area contributed by atoms with Gasteiger partial charge in [-0.1, -0.05) is 24.3 Å². The van der Waals surface area contributed by atoms with Crippen molar-refractivity contribution < 1.29 is 4.79 Å². The topological polar surface area (TPSA) is 46.3 Å². The highest BCUT2D eigenvalue weighted by Crippen LogP contribution is 2.29. The fourth-order valence-electron chi connectivity index (χ4n) is 2.54. The number of para-hydroxylation sites is 1. The SMILES string of the molecule is Nc1cc(CN2C(=O)CCc3ccccc32)ccc1Br. The second kappa shape index (κ2) is 5.29. The third-order valence-electron chi connectivity index (χ3n) is 3.59. The Morgan fingerprint density at radius 3 is 2.75 bits per heavy atom. The molecule has 4 heteroatoms. The summed E-state index contributed by atoms with van der Waals surface area (Å²) in [7, 11) is 0. The van der Waals surface area contributed by atoms with Gasteiger partial charge in [0, 0.05) is 22.3 Å². The first-order chi connectivity index (χ1) is 9.65. The Hall–Kier alpha value is -1.81. The average Bonchev–Trinajstić information content (AvgIpc) is 2.46. The molecule has 3 nitrogen and oxygen atoms in total. The number of nitrogens with zero attached hydrogens (tertiary/aromatic N) is 1. The Labute approximate surface area is 126 Å². The minimum atomic E-state index is 0.171. The quantitative estimate of drug-likeness (QED) is 0.856. The van der Waals surface area contributed by atoms with E-state index >= 15 is 0 Å². The molecule has 0 spiro atoms. The van der Waals surface area contributed by atoms with Gasteiger partial charge < -0.3 is 10.6 Å². The van der Waals surface area contributed by atoms with Crippen molar-refractivity contribution in [3.05, 3.63) is 58.1 Å². The number of fused-ring (bicyclic) bond motifs is 1. The number of halogens is 1. The highest BCUT2D eigenvalue weighted by Gasteiger charge is 2.23. The van der Waals surface area contributed by atoms with Gasteiger partial charge in [-0.15, -0.1) is 0 Å². The Balaban J connectivity index is 1.93. The van der Waals surface area contributed by atoms with Gasteiger partial charge in [0.25, 0.3) is 0 Å². The predicted octanol–water partition coefficient (Wildman–Crippen LogP) is 3.51. The highest BCUT2D eigenvalue weighted by molar-refractivity contribution is 9.10. The molecule has 1 aliphatic heterocycles. The van der Waals surface area contributed by atoms with Gasteiger partial charge in [-0.2, -0.15) is 0 Å². The molecule has 1 heterocycles. The number of nitrogen functional groups attached to an aromatic ring is 1. The molecule has 1 aliphatic rings. The number of benzene rings is 2. The first-order valence-corrected chi connectivity index (χ1v) is 7.36. The number of amides is 1. The summed E-state index contributed by atoms with van der Waals surface area (Å²) < 4.78 is 0.881. The summed E-state index contributed by atoms with van der Waals surface area (Å²) in [5.74, 6) is 0.171. The van der Waals surface area contributed by atoms with E-state index in [9.17, 15) is 4.79 Å². The largest absolute Gasteiger partial charge is 0.398 e. The van der Waals surface area contributed by atoms with E-state index in [0.717, 1.165) is 22.1 Å². The minimum absolute atomic E-state index is 0.171. The maximum Gasteiger partial charge on any atom is 0.227 e. The van der Waals surface area contributed by atoms with Crippen molar-refractivity contribution in [1.82, 2.24) is 0 Å². The van der Waals surface area contributed by atoms with Crippen molar-refractivity contribution in [1.29, 1.82) is 0 Å². The Morgan fingerprint density at radius 2 is 1.95 bits per heavy atom.